The van der Waals surface area contributed by atoms with Crippen molar-refractivity contribution >= 4 is 29.6 Å². The Bertz CT molecular complexity index is 985. The van der Waals surface area contributed by atoms with E-state index in [1.165, 1.54) is 12.5 Å². The van der Waals surface area contributed by atoms with Gasteiger partial charge in [-0.25, -0.2) is 5.43 Å². The lowest BCUT2D eigenvalue weighted by Crippen LogP contribution is -2.37. The third kappa shape index (κ3) is 6.51. The fourth-order valence-electron chi connectivity index (χ4n) is 2.31. The van der Waals surface area contributed by atoms with Crippen molar-refractivity contribution in [1.82, 2.24) is 10.7 Å². The number of carbonyl (C=O) groups excluding carboxylic acids is 2. The van der Waals surface area contributed by atoms with Gasteiger partial charge in [0.05, 0.1) is 19.0 Å². The summed E-state index contributed by atoms with van der Waals surface area (Å²) in [7, 11) is 0. The molecule has 2 amide bonds. The Morgan fingerprint density at radius 3 is 2.66 bits per heavy atom. The van der Waals surface area contributed by atoms with Crippen LogP contribution in [0.25, 0.3) is 0 Å². The highest BCUT2D eigenvalue weighted by molar-refractivity contribution is 6.35. The van der Waals surface area contributed by atoms with Crippen molar-refractivity contribution in [2.45, 2.75) is 13.2 Å². The molecule has 1 heterocycles. The first-order valence-electron chi connectivity index (χ1n) is 8.71. The minimum absolute atomic E-state index is 0.121. The Morgan fingerprint density at radius 1 is 1.07 bits per heavy atom. The molecule has 148 valence electrons. The number of benzene rings is 2. The number of hydrogen-bond acceptors (Lipinski definition) is 5. The first-order chi connectivity index (χ1) is 14.1. The van der Waals surface area contributed by atoms with Crippen molar-refractivity contribution in [3.05, 3.63) is 88.8 Å². The molecular formula is C21H18ClN3O4. The topological polar surface area (TPSA) is 92.9 Å². The number of carbonyl (C=O) groups is 2. The van der Waals surface area contributed by atoms with E-state index in [0.717, 1.165) is 5.56 Å². The van der Waals surface area contributed by atoms with Gasteiger partial charge in [0.15, 0.2) is 0 Å². The van der Waals surface area contributed by atoms with Gasteiger partial charge < -0.3 is 14.5 Å². The zero-order chi connectivity index (χ0) is 20.5. The molecule has 1 aromatic heterocycles. The normalized spacial score (nSPS) is 10.7. The molecule has 29 heavy (non-hydrogen) atoms. The number of amides is 2. The number of furan rings is 1. The number of rotatable bonds is 7. The quantitative estimate of drug-likeness (QED) is 0.354. The van der Waals surface area contributed by atoms with Crippen molar-refractivity contribution in [1.29, 1.82) is 0 Å². The summed E-state index contributed by atoms with van der Waals surface area (Å²) < 4.78 is 10.8. The first-order valence-corrected chi connectivity index (χ1v) is 9.09. The van der Waals surface area contributed by atoms with Gasteiger partial charge >= 0.3 is 11.8 Å². The van der Waals surface area contributed by atoms with E-state index in [4.69, 9.17) is 20.8 Å². The fourth-order valence-corrected chi connectivity index (χ4v) is 2.43. The Morgan fingerprint density at radius 2 is 1.90 bits per heavy atom. The Kier molecular flexibility index (Phi) is 7.02. The molecule has 0 aliphatic carbocycles. The third-order valence-corrected chi connectivity index (χ3v) is 4.02. The molecule has 8 heteroatoms. The summed E-state index contributed by atoms with van der Waals surface area (Å²) >= 11 is 5.87. The van der Waals surface area contributed by atoms with Crippen LogP contribution in [-0.2, 0) is 22.7 Å². The molecule has 0 atom stereocenters. The van der Waals surface area contributed by atoms with Gasteiger partial charge in [-0.2, -0.15) is 5.10 Å². The molecule has 0 aliphatic heterocycles. The highest BCUT2D eigenvalue weighted by atomic mass is 35.5. The van der Waals surface area contributed by atoms with Crippen molar-refractivity contribution in [3.8, 4) is 5.75 Å². The number of hydrazone groups is 1. The molecule has 2 aromatic carbocycles. The molecule has 0 unspecified atom stereocenters. The number of nitrogens with one attached hydrogen (secondary N) is 2. The average Bonchev–Trinajstić information content (AvgIpc) is 3.25. The first kappa shape index (κ1) is 20.2. The number of ether oxygens (including phenoxy) is 1. The molecule has 0 radical (unpaired) electrons. The fraction of sp³-hybridized carbons (Fsp3) is 0.0952. The summed E-state index contributed by atoms with van der Waals surface area (Å²) in [5.41, 5.74) is 3.87. The monoisotopic (exact) mass is 411 g/mol. The van der Waals surface area contributed by atoms with Crippen LogP contribution < -0.4 is 15.5 Å². The molecule has 0 saturated carbocycles. The summed E-state index contributed by atoms with van der Waals surface area (Å²) in [4.78, 5) is 23.5. The third-order valence-electron chi connectivity index (χ3n) is 3.77. The van der Waals surface area contributed by atoms with Gasteiger partial charge in [-0.3, -0.25) is 9.59 Å². The van der Waals surface area contributed by atoms with E-state index in [-0.39, 0.29) is 6.54 Å². The number of nitrogens with zero attached hydrogens (tertiary/aromatic N) is 1. The van der Waals surface area contributed by atoms with Gasteiger partial charge in [-0.15, -0.1) is 0 Å². The minimum Gasteiger partial charge on any atom is -0.489 e. The van der Waals surface area contributed by atoms with Gasteiger partial charge in [0.1, 0.15) is 18.1 Å². The Balaban J connectivity index is 1.47. The largest absolute Gasteiger partial charge is 0.489 e. The lowest BCUT2D eigenvalue weighted by Gasteiger charge is -2.07. The summed E-state index contributed by atoms with van der Waals surface area (Å²) in [6.45, 7) is 0.514. The van der Waals surface area contributed by atoms with Crippen LogP contribution >= 0.6 is 11.6 Å². The van der Waals surface area contributed by atoms with Crippen molar-refractivity contribution in [2.24, 2.45) is 5.10 Å². The van der Waals surface area contributed by atoms with E-state index in [2.05, 4.69) is 15.8 Å². The number of halogens is 1. The number of hydrogen-bond donors (Lipinski definition) is 2. The molecule has 0 saturated heterocycles. The maximum Gasteiger partial charge on any atom is 0.329 e. The van der Waals surface area contributed by atoms with Crippen LogP contribution in [0.3, 0.4) is 0 Å². The van der Waals surface area contributed by atoms with Gasteiger partial charge in [0.2, 0.25) is 0 Å². The van der Waals surface area contributed by atoms with Crippen LogP contribution in [0.4, 0.5) is 0 Å². The zero-order valence-electron chi connectivity index (χ0n) is 15.3. The summed E-state index contributed by atoms with van der Waals surface area (Å²) in [5.74, 6) is -0.488. The lowest BCUT2D eigenvalue weighted by atomic mass is 10.2. The van der Waals surface area contributed by atoms with Crippen LogP contribution in [0.15, 0.2) is 76.4 Å². The van der Waals surface area contributed by atoms with Crippen LogP contribution in [0.2, 0.25) is 5.02 Å². The molecule has 0 fully saturated rings. The molecule has 7 nitrogen and oxygen atoms in total. The van der Waals surface area contributed by atoms with E-state index >= 15 is 0 Å². The predicted octanol–water partition coefficient (Wildman–Crippen LogP) is 3.28. The molecular weight excluding hydrogens is 394 g/mol. The smallest absolute Gasteiger partial charge is 0.329 e. The molecule has 2 N–H and O–H groups in total. The van der Waals surface area contributed by atoms with Gasteiger partial charge in [-0.1, -0.05) is 35.9 Å². The van der Waals surface area contributed by atoms with E-state index in [9.17, 15) is 9.59 Å². The van der Waals surface area contributed by atoms with Gasteiger partial charge in [-0.05, 0) is 47.5 Å². The molecule has 0 aliphatic rings. The summed E-state index contributed by atoms with van der Waals surface area (Å²) in [5, 5.41) is 6.90. The van der Waals surface area contributed by atoms with E-state index < -0.39 is 11.8 Å². The summed E-state index contributed by atoms with van der Waals surface area (Å²) in [6.07, 6.45) is 2.91. The van der Waals surface area contributed by atoms with Crippen LogP contribution in [0.5, 0.6) is 5.75 Å². The highest BCUT2D eigenvalue weighted by Gasteiger charge is 2.12. The Hall–Kier alpha value is -3.58. The second kappa shape index (κ2) is 10.1. The SMILES string of the molecule is O=C(NCc1ccco1)C(=O)N/N=C\c1cccc(OCc2ccc(Cl)cc2)c1. The lowest BCUT2D eigenvalue weighted by molar-refractivity contribution is -0.139. The van der Waals surface area contributed by atoms with Crippen molar-refractivity contribution in [3.63, 3.8) is 0 Å². The van der Waals surface area contributed by atoms with E-state index in [0.29, 0.717) is 28.7 Å². The van der Waals surface area contributed by atoms with Crippen molar-refractivity contribution < 1.29 is 18.7 Å². The maximum absolute atomic E-state index is 11.7. The van der Waals surface area contributed by atoms with Gasteiger partial charge in [0.25, 0.3) is 0 Å². The molecule has 3 rings (SSSR count). The molecule has 3 aromatic rings. The summed E-state index contributed by atoms with van der Waals surface area (Å²) in [6, 6.07) is 17.9. The standard InChI is InChI=1S/C21H18ClN3O4/c22-17-8-6-15(7-9-17)14-29-18-4-1-3-16(11-18)12-24-25-21(27)20(26)23-13-19-5-2-10-28-19/h1-12H,13-14H2,(H,23,26)(H,25,27)/b24-12-. The van der Waals surface area contributed by atoms with Crippen molar-refractivity contribution in [2.75, 3.05) is 0 Å². The van der Waals surface area contributed by atoms with Crippen LogP contribution in [0.1, 0.15) is 16.9 Å². The van der Waals surface area contributed by atoms with Gasteiger partial charge in [0, 0.05) is 5.02 Å². The zero-order valence-corrected chi connectivity index (χ0v) is 16.1. The van der Waals surface area contributed by atoms with Crippen LogP contribution in [-0.4, -0.2) is 18.0 Å². The van der Waals surface area contributed by atoms with E-state index in [1.807, 2.05) is 18.2 Å². The second-order valence-corrected chi connectivity index (χ2v) is 6.39. The molecule has 0 spiro atoms. The minimum atomic E-state index is -0.872. The van der Waals surface area contributed by atoms with Crippen LogP contribution in [0, 0.1) is 0 Å². The second-order valence-electron chi connectivity index (χ2n) is 5.95. The predicted molar refractivity (Wildman–Crippen MR) is 109 cm³/mol. The Labute approximate surface area is 172 Å². The van der Waals surface area contributed by atoms with E-state index in [1.54, 1.807) is 42.5 Å². The highest BCUT2D eigenvalue weighted by Crippen LogP contribution is 2.15. The maximum atomic E-state index is 11.7. The average molecular weight is 412 g/mol. The molecule has 0 bridgehead atoms.